The van der Waals surface area contributed by atoms with Gasteiger partial charge in [-0.3, -0.25) is 14.4 Å². The Kier molecular flexibility index (Phi) is 2.15. The van der Waals surface area contributed by atoms with Gasteiger partial charge in [0.2, 0.25) is 5.91 Å². The molecule has 0 aromatic rings. The third kappa shape index (κ3) is 1.23. The van der Waals surface area contributed by atoms with Gasteiger partial charge in [0.25, 0.3) is 0 Å². The van der Waals surface area contributed by atoms with Crippen LogP contribution in [-0.4, -0.2) is 45.7 Å². The average molecular weight is 211 g/mol. The Balaban J connectivity index is 2.23. The Hall–Kier alpha value is -1.23. The van der Waals surface area contributed by atoms with Gasteiger partial charge < -0.3 is 10.0 Å². The first kappa shape index (κ1) is 10.3. The summed E-state index contributed by atoms with van der Waals surface area (Å²) in [5, 5.41) is 9.36. The maximum absolute atomic E-state index is 11.6. The van der Waals surface area contributed by atoms with Gasteiger partial charge in [0.1, 0.15) is 6.04 Å². The molecule has 2 fully saturated rings. The molecular weight excluding hydrogens is 198 g/mol. The van der Waals surface area contributed by atoms with Gasteiger partial charge in [0.05, 0.1) is 18.1 Å². The van der Waals surface area contributed by atoms with Gasteiger partial charge in [-0.2, -0.15) is 0 Å². The summed E-state index contributed by atoms with van der Waals surface area (Å²) in [4.78, 5) is 35.6. The summed E-state index contributed by atoms with van der Waals surface area (Å²) in [7, 11) is 0. The molecule has 82 valence electrons. The van der Waals surface area contributed by atoms with Crippen LogP contribution in [0, 0.1) is 5.92 Å². The number of hydrogen-bond acceptors (Lipinski definition) is 4. The second kappa shape index (κ2) is 3.13. The van der Waals surface area contributed by atoms with Crippen LogP contribution >= 0.6 is 0 Å². The Morgan fingerprint density at radius 3 is 2.60 bits per heavy atom. The molecule has 5 heteroatoms. The van der Waals surface area contributed by atoms with Crippen molar-refractivity contribution >= 4 is 17.5 Å². The molecule has 4 atom stereocenters. The molecule has 0 bridgehead atoms. The van der Waals surface area contributed by atoms with Crippen molar-refractivity contribution in [3.63, 3.8) is 0 Å². The summed E-state index contributed by atoms with van der Waals surface area (Å²) in [5.41, 5.74) is 0. The zero-order chi connectivity index (χ0) is 11.3. The fraction of sp³-hybridized carbons (Fsp3) is 0.700. The zero-order valence-electron chi connectivity index (χ0n) is 8.64. The Bertz CT molecular complexity index is 349. The number of rotatable bonds is 2. The Labute approximate surface area is 87.1 Å². The zero-order valence-corrected chi connectivity index (χ0v) is 8.64. The highest BCUT2D eigenvalue weighted by atomic mass is 16.3. The highest BCUT2D eigenvalue weighted by molar-refractivity contribution is 6.12. The van der Waals surface area contributed by atoms with E-state index in [4.69, 9.17) is 0 Å². The maximum Gasteiger partial charge on any atom is 0.231 e. The number of nitrogens with zero attached hydrogens (tertiary/aromatic N) is 1. The Morgan fingerprint density at radius 2 is 2.13 bits per heavy atom. The van der Waals surface area contributed by atoms with Gasteiger partial charge in [0.15, 0.2) is 11.6 Å². The smallest absolute Gasteiger partial charge is 0.231 e. The second-order valence-electron chi connectivity index (χ2n) is 4.26. The van der Waals surface area contributed by atoms with Crippen LogP contribution in [-0.2, 0) is 14.4 Å². The van der Waals surface area contributed by atoms with Gasteiger partial charge in [-0.15, -0.1) is 0 Å². The van der Waals surface area contributed by atoms with Crippen molar-refractivity contribution in [3.05, 3.63) is 0 Å². The van der Waals surface area contributed by atoms with Crippen LogP contribution in [0.4, 0.5) is 0 Å². The van der Waals surface area contributed by atoms with Gasteiger partial charge in [-0.05, 0) is 13.8 Å². The van der Waals surface area contributed by atoms with Crippen molar-refractivity contribution in [1.29, 1.82) is 0 Å². The quantitative estimate of drug-likeness (QED) is 0.475. The van der Waals surface area contributed by atoms with Crippen molar-refractivity contribution in [3.8, 4) is 0 Å². The largest absolute Gasteiger partial charge is 0.393 e. The van der Waals surface area contributed by atoms with Gasteiger partial charge >= 0.3 is 0 Å². The van der Waals surface area contributed by atoms with E-state index in [1.54, 1.807) is 0 Å². The molecule has 0 spiro atoms. The molecule has 2 rings (SSSR count). The number of amides is 1. The van der Waals surface area contributed by atoms with E-state index >= 15 is 0 Å². The predicted molar refractivity (Wildman–Crippen MR) is 49.9 cm³/mol. The molecule has 15 heavy (non-hydrogen) atoms. The summed E-state index contributed by atoms with van der Waals surface area (Å²) in [6.07, 6.45) is -0.553. The van der Waals surface area contributed by atoms with Crippen molar-refractivity contribution in [1.82, 2.24) is 4.90 Å². The topological polar surface area (TPSA) is 74.7 Å². The lowest BCUT2D eigenvalue weighted by Gasteiger charge is -2.45. The summed E-state index contributed by atoms with van der Waals surface area (Å²) >= 11 is 0. The first-order valence-corrected chi connectivity index (χ1v) is 4.98. The SMILES string of the molecule is CC(=O)C1C(=O)C[C@@H]2[C@@H]([C@@H](C)O)C(=O)N12. The molecule has 0 saturated carbocycles. The molecule has 1 amide bonds. The molecule has 2 aliphatic rings. The van der Waals surface area contributed by atoms with Crippen LogP contribution in [0.15, 0.2) is 0 Å². The van der Waals surface area contributed by atoms with E-state index in [1.807, 2.05) is 0 Å². The van der Waals surface area contributed by atoms with Gasteiger partial charge in [-0.25, -0.2) is 0 Å². The van der Waals surface area contributed by atoms with Crippen molar-refractivity contribution < 1.29 is 19.5 Å². The van der Waals surface area contributed by atoms with Crippen LogP contribution in [0.5, 0.6) is 0 Å². The van der Waals surface area contributed by atoms with Crippen molar-refractivity contribution in [2.75, 3.05) is 0 Å². The highest BCUT2D eigenvalue weighted by Gasteiger charge is 2.59. The maximum atomic E-state index is 11.6. The van der Waals surface area contributed by atoms with Crippen LogP contribution in [0.3, 0.4) is 0 Å². The molecule has 0 radical (unpaired) electrons. The van der Waals surface area contributed by atoms with Crippen LogP contribution in [0.2, 0.25) is 0 Å². The third-order valence-corrected chi connectivity index (χ3v) is 3.21. The number of hydrogen-bond donors (Lipinski definition) is 1. The molecule has 0 aliphatic carbocycles. The lowest BCUT2D eigenvalue weighted by atomic mass is 9.84. The highest BCUT2D eigenvalue weighted by Crippen LogP contribution is 2.39. The number of carbonyl (C=O) groups is 3. The number of carbonyl (C=O) groups excluding carboxylic acids is 3. The molecule has 0 aromatic carbocycles. The molecule has 0 aromatic heterocycles. The minimum atomic E-state index is -0.891. The number of ketones is 2. The summed E-state index contributed by atoms with van der Waals surface area (Å²) in [6.45, 7) is 2.85. The first-order chi connectivity index (χ1) is 6.95. The molecule has 1 unspecified atom stereocenters. The van der Waals surface area contributed by atoms with Crippen molar-refractivity contribution in [2.45, 2.75) is 38.5 Å². The standard InChI is InChI=1S/C10H13NO4/c1-4(12)8-6-3-7(14)9(5(2)13)11(6)10(8)15/h4,6,8-9,12H,3H2,1-2H3/t4-,6-,8-,9?/m1/s1. The lowest BCUT2D eigenvalue weighted by Crippen LogP contribution is -2.64. The van der Waals surface area contributed by atoms with E-state index in [1.165, 1.54) is 18.7 Å². The number of aliphatic hydroxyl groups is 1. The summed E-state index contributed by atoms with van der Waals surface area (Å²) in [6, 6.07) is -1.16. The van der Waals surface area contributed by atoms with E-state index < -0.39 is 18.1 Å². The molecule has 2 aliphatic heterocycles. The van der Waals surface area contributed by atoms with Crippen LogP contribution < -0.4 is 0 Å². The average Bonchev–Trinajstić information content (AvgIpc) is 2.38. The number of β-lactam (4-membered cyclic amide) rings is 1. The summed E-state index contributed by atoms with van der Waals surface area (Å²) < 4.78 is 0. The minimum absolute atomic E-state index is 0.200. The fourth-order valence-corrected chi connectivity index (χ4v) is 2.56. The van der Waals surface area contributed by atoms with Crippen LogP contribution in [0.1, 0.15) is 20.3 Å². The monoisotopic (exact) mass is 211 g/mol. The van der Waals surface area contributed by atoms with E-state index in [0.717, 1.165) is 0 Å². The van der Waals surface area contributed by atoms with Gasteiger partial charge in [0, 0.05) is 6.42 Å². The summed E-state index contributed by atoms with van der Waals surface area (Å²) in [5.74, 6) is -1.27. The predicted octanol–water partition coefficient (Wildman–Crippen LogP) is -0.875. The normalized spacial score (nSPS) is 36.2. The molecular formula is C10H13NO4. The molecule has 2 saturated heterocycles. The van der Waals surface area contributed by atoms with E-state index in [0.29, 0.717) is 0 Å². The second-order valence-corrected chi connectivity index (χ2v) is 4.26. The van der Waals surface area contributed by atoms with E-state index in [-0.39, 0.29) is 29.9 Å². The number of aliphatic hydroxyl groups excluding tert-OH is 1. The minimum Gasteiger partial charge on any atom is -0.393 e. The Morgan fingerprint density at radius 1 is 1.53 bits per heavy atom. The molecule has 1 N–H and O–H groups in total. The van der Waals surface area contributed by atoms with E-state index in [2.05, 4.69) is 0 Å². The fourth-order valence-electron chi connectivity index (χ4n) is 2.56. The number of fused-ring (bicyclic) bond motifs is 1. The lowest BCUT2D eigenvalue weighted by molar-refractivity contribution is -0.165. The van der Waals surface area contributed by atoms with Crippen LogP contribution in [0.25, 0.3) is 0 Å². The number of Topliss-reactive ketones (excluding diaryl/α,β-unsaturated/α-hetero) is 2. The third-order valence-electron chi connectivity index (χ3n) is 3.21. The van der Waals surface area contributed by atoms with E-state index in [9.17, 15) is 19.5 Å². The molecule has 2 heterocycles. The van der Waals surface area contributed by atoms with Crippen molar-refractivity contribution in [2.24, 2.45) is 5.92 Å². The molecule has 5 nitrogen and oxygen atoms in total. The van der Waals surface area contributed by atoms with Gasteiger partial charge in [-0.1, -0.05) is 0 Å². The first-order valence-electron chi connectivity index (χ1n) is 4.98.